The maximum absolute atomic E-state index is 13.1. The number of methoxy groups -OCH3 is 1. The molecule has 2 aromatic rings. The van der Waals surface area contributed by atoms with Gasteiger partial charge in [0.15, 0.2) is 0 Å². The number of carbonyl (C=O) groups excluding carboxylic acids is 3. The summed E-state index contributed by atoms with van der Waals surface area (Å²) in [6, 6.07) is 4.07. The number of rotatable bonds is 6. The number of urea groups is 2. The van der Waals surface area contributed by atoms with Crippen LogP contribution in [-0.4, -0.2) is 36.6 Å². The first-order chi connectivity index (χ1) is 18.1. The van der Waals surface area contributed by atoms with Gasteiger partial charge in [-0.05, 0) is 49.2 Å². The Morgan fingerprint density at radius 1 is 0.949 bits per heavy atom. The zero-order chi connectivity index (χ0) is 29.1. The smallest absolute Gasteiger partial charge is 0.416 e. The van der Waals surface area contributed by atoms with Gasteiger partial charge in [-0.2, -0.15) is 26.3 Å². The van der Waals surface area contributed by atoms with Gasteiger partial charge in [0, 0.05) is 23.6 Å². The molecule has 0 spiro atoms. The van der Waals surface area contributed by atoms with Gasteiger partial charge >= 0.3 is 30.4 Å². The summed E-state index contributed by atoms with van der Waals surface area (Å²) >= 11 is 0. The molecule has 14 heteroatoms. The highest BCUT2D eigenvalue weighted by Gasteiger charge is 2.38. The Hall–Kier alpha value is -4.23. The highest BCUT2D eigenvalue weighted by atomic mass is 19.4. The Kier molecular flexibility index (Phi) is 8.46. The summed E-state index contributed by atoms with van der Waals surface area (Å²) in [5.41, 5.74) is -2.65. The van der Waals surface area contributed by atoms with E-state index in [1.807, 2.05) is 12.2 Å². The molecule has 0 saturated heterocycles. The Balaban J connectivity index is 1.81. The van der Waals surface area contributed by atoms with Crippen molar-refractivity contribution in [3.8, 4) is 0 Å². The van der Waals surface area contributed by atoms with E-state index in [0.717, 1.165) is 0 Å². The van der Waals surface area contributed by atoms with Crippen LogP contribution in [0.2, 0.25) is 0 Å². The highest BCUT2D eigenvalue weighted by molar-refractivity contribution is 6.00. The van der Waals surface area contributed by atoms with E-state index >= 15 is 0 Å². The summed E-state index contributed by atoms with van der Waals surface area (Å²) in [7, 11) is 1.20. The van der Waals surface area contributed by atoms with Gasteiger partial charge in [-0.3, -0.25) is 4.90 Å². The number of hydrogen-bond acceptors (Lipinski definition) is 4. The number of nitrogens with zero attached hydrogens (tertiary/aromatic N) is 1. The van der Waals surface area contributed by atoms with Crippen molar-refractivity contribution < 1.29 is 45.5 Å². The van der Waals surface area contributed by atoms with Crippen LogP contribution in [0.4, 0.5) is 47.3 Å². The normalized spacial score (nSPS) is 16.1. The molecule has 8 nitrogen and oxygen atoms in total. The number of halogens is 6. The number of anilines is 2. The van der Waals surface area contributed by atoms with E-state index in [1.165, 1.54) is 36.3 Å². The van der Waals surface area contributed by atoms with Gasteiger partial charge in [0.1, 0.15) is 0 Å². The van der Waals surface area contributed by atoms with Crippen molar-refractivity contribution in [1.82, 2.24) is 10.2 Å². The molecular weight excluding hydrogens is 534 g/mol. The van der Waals surface area contributed by atoms with E-state index < -0.39 is 53.2 Å². The second kappa shape index (κ2) is 11.3. The van der Waals surface area contributed by atoms with Crippen LogP contribution in [0.1, 0.15) is 43.0 Å². The zero-order valence-electron chi connectivity index (χ0n) is 20.9. The second-order valence-electron chi connectivity index (χ2n) is 8.52. The molecule has 0 saturated carbocycles. The molecule has 210 valence electrons. The first-order valence-electron chi connectivity index (χ1n) is 11.5. The highest BCUT2D eigenvalue weighted by Crippen LogP contribution is 2.38. The van der Waals surface area contributed by atoms with E-state index in [9.17, 15) is 40.7 Å². The summed E-state index contributed by atoms with van der Waals surface area (Å²) in [5.74, 6) is -0.653. The van der Waals surface area contributed by atoms with Crippen LogP contribution in [-0.2, 0) is 21.9 Å². The van der Waals surface area contributed by atoms with Crippen LogP contribution in [0.25, 0.3) is 0 Å². The van der Waals surface area contributed by atoms with Gasteiger partial charge in [0.05, 0.1) is 29.9 Å². The number of carbonyl (C=O) groups is 3. The SMILES string of the molecule is CCCN1C(=O)NC(c2ccc(NC(=O)Nc3cc(C(F)(F)F)cc(C(F)(F)F)c3)cc2)C(C(=O)OC)=C1C. The largest absolute Gasteiger partial charge is 0.466 e. The molecule has 1 unspecified atom stereocenters. The molecule has 3 N–H and O–H groups in total. The Bertz CT molecular complexity index is 1260. The fraction of sp³-hybridized carbons (Fsp3) is 0.320. The molecular formula is C25H24F6N4O4. The number of hydrogen-bond donors (Lipinski definition) is 3. The minimum Gasteiger partial charge on any atom is -0.466 e. The molecule has 1 aliphatic rings. The molecule has 1 heterocycles. The Morgan fingerprint density at radius 2 is 1.49 bits per heavy atom. The van der Waals surface area contributed by atoms with Crippen molar-refractivity contribution in [1.29, 1.82) is 0 Å². The lowest BCUT2D eigenvalue weighted by Gasteiger charge is -2.35. The van der Waals surface area contributed by atoms with Crippen molar-refractivity contribution >= 4 is 29.4 Å². The first kappa shape index (κ1) is 29.3. The van der Waals surface area contributed by atoms with Crippen molar-refractivity contribution in [2.45, 2.75) is 38.7 Å². The van der Waals surface area contributed by atoms with Crippen LogP contribution in [0, 0.1) is 0 Å². The topological polar surface area (TPSA) is 99.8 Å². The Morgan fingerprint density at radius 3 is 1.97 bits per heavy atom. The lowest BCUT2D eigenvalue weighted by atomic mass is 9.94. The summed E-state index contributed by atoms with van der Waals surface area (Å²) in [6.07, 6.45) is -9.49. The molecule has 4 amide bonds. The summed E-state index contributed by atoms with van der Waals surface area (Å²) < 4.78 is 83.3. The second-order valence-corrected chi connectivity index (χ2v) is 8.52. The third-order valence-corrected chi connectivity index (χ3v) is 5.80. The zero-order valence-corrected chi connectivity index (χ0v) is 20.9. The number of nitrogens with one attached hydrogen (secondary N) is 3. The average molecular weight is 558 g/mol. The maximum Gasteiger partial charge on any atom is 0.416 e. The summed E-state index contributed by atoms with van der Waals surface area (Å²) in [6.45, 7) is 3.86. The number of esters is 1. The van der Waals surface area contributed by atoms with Crippen LogP contribution >= 0.6 is 0 Å². The van der Waals surface area contributed by atoms with Crippen molar-refractivity contribution in [3.63, 3.8) is 0 Å². The molecule has 0 aliphatic carbocycles. The number of allylic oxidation sites excluding steroid dienone is 1. The molecule has 0 aromatic heterocycles. The Labute approximate surface area is 219 Å². The van der Waals surface area contributed by atoms with Gasteiger partial charge in [0.25, 0.3) is 0 Å². The summed E-state index contributed by atoms with van der Waals surface area (Å²) in [5, 5.41) is 7.02. The molecule has 3 rings (SSSR count). The minimum atomic E-state index is -5.07. The number of ether oxygens (including phenoxy) is 1. The van der Waals surface area contributed by atoms with E-state index in [-0.39, 0.29) is 17.3 Å². The number of benzene rings is 2. The van der Waals surface area contributed by atoms with E-state index in [4.69, 9.17) is 4.74 Å². The molecule has 2 aromatic carbocycles. The van der Waals surface area contributed by atoms with Crippen LogP contribution in [0.15, 0.2) is 53.7 Å². The summed E-state index contributed by atoms with van der Waals surface area (Å²) in [4.78, 5) is 38.9. The third kappa shape index (κ3) is 6.81. The number of amides is 4. The fourth-order valence-corrected chi connectivity index (χ4v) is 3.98. The molecule has 0 bridgehead atoms. The predicted molar refractivity (Wildman–Crippen MR) is 129 cm³/mol. The van der Waals surface area contributed by atoms with Crippen LogP contribution < -0.4 is 16.0 Å². The predicted octanol–water partition coefficient (Wildman–Crippen LogP) is 6.29. The van der Waals surface area contributed by atoms with Crippen molar-refractivity contribution in [2.24, 2.45) is 0 Å². The van der Waals surface area contributed by atoms with Gasteiger partial charge in [-0.15, -0.1) is 0 Å². The molecule has 39 heavy (non-hydrogen) atoms. The maximum atomic E-state index is 13.1. The van der Waals surface area contributed by atoms with Crippen molar-refractivity contribution in [3.05, 3.63) is 70.4 Å². The van der Waals surface area contributed by atoms with E-state index in [1.54, 1.807) is 6.92 Å². The minimum absolute atomic E-state index is 0.0495. The lowest BCUT2D eigenvalue weighted by molar-refractivity contribution is -0.143. The first-order valence-corrected chi connectivity index (χ1v) is 11.5. The van der Waals surface area contributed by atoms with Gasteiger partial charge in [-0.1, -0.05) is 19.1 Å². The molecule has 0 fully saturated rings. The van der Waals surface area contributed by atoms with Crippen LogP contribution in [0.5, 0.6) is 0 Å². The molecule has 1 aliphatic heterocycles. The van der Waals surface area contributed by atoms with E-state index in [2.05, 4.69) is 10.6 Å². The third-order valence-electron chi connectivity index (χ3n) is 5.80. The van der Waals surface area contributed by atoms with Crippen LogP contribution in [0.3, 0.4) is 0 Å². The standard InChI is InChI=1S/C25H24F6N4O4/c1-4-9-35-13(2)19(21(36)39-3)20(34-23(35)38)14-5-7-17(8-6-14)32-22(37)33-18-11-15(24(26,27)28)10-16(12-18)25(29,30)31/h5-8,10-12,20H,4,9H2,1-3H3,(H,34,38)(H2,32,33,37). The van der Waals surface area contributed by atoms with Gasteiger partial charge in [-0.25, -0.2) is 14.4 Å². The van der Waals surface area contributed by atoms with E-state index in [0.29, 0.717) is 36.4 Å². The van der Waals surface area contributed by atoms with Crippen molar-refractivity contribution in [2.75, 3.05) is 24.3 Å². The average Bonchev–Trinajstić information content (AvgIpc) is 2.85. The van der Waals surface area contributed by atoms with Gasteiger partial charge in [0.2, 0.25) is 0 Å². The molecule has 1 atom stereocenters. The quantitative estimate of drug-likeness (QED) is 0.287. The molecule has 0 radical (unpaired) electrons. The van der Waals surface area contributed by atoms with Gasteiger partial charge < -0.3 is 20.7 Å². The monoisotopic (exact) mass is 558 g/mol. The fourth-order valence-electron chi connectivity index (χ4n) is 3.98. The number of alkyl halides is 6. The lowest BCUT2D eigenvalue weighted by Crippen LogP contribution is -2.48.